The number of ether oxygens (including phenoxy) is 4. The number of esters is 1. The van der Waals surface area contributed by atoms with Crippen molar-refractivity contribution in [2.45, 2.75) is 58.0 Å². The molecule has 5 nitrogen and oxygen atoms in total. The third kappa shape index (κ3) is 4.40. The van der Waals surface area contributed by atoms with Crippen molar-refractivity contribution in [2.75, 3.05) is 6.61 Å². The third-order valence-electron chi connectivity index (χ3n) is 5.79. The zero-order chi connectivity index (χ0) is 20.4. The molecule has 0 saturated carbocycles. The molecule has 1 saturated heterocycles. The van der Waals surface area contributed by atoms with Crippen molar-refractivity contribution >= 4 is 5.97 Å². The quantitative estimate of drug-likeness (QED) is 0.677. The molecule has 2 aromatic carbocycles. The van der Waals surface area contributed by atoms with Crippen LogP contribution in [0, 0.1) is 5.92 Å². The van der Waals surface area contributed by atoms with Crippen LogP contribution >= 0.6 is 0 Å². The number of hydrogen-bond acceptors (Lipinski definition) is 5. The van der Waals surface area contributed by atoms with Crippen LogP contribution in [0.4, 0.5) is 0 Å². The van der Waals surface area contributed by atoms with E-state index in [9.17, 15) is 4.79 Å². The predicted molar refractivity (Wildman–Crippen MR) is 109 cm³/mol. The van der Waals surface area contributed by atoms with Crippen LogP contribution in [0.15, 0.2) is 48.5 Å². The van der Waals surface area contributed by atoms with Crippen molar-refractivity contribution in [1.82, 2.24) is 0 Å². The summed E-state index contributed by atoms with van der Waals surface area (Å²) in [5.74, 6) is 1.27. The van der Waals surface area contributed by atoms with Gasteiger partial charge in [0.1, 0.15) is 23.7 Å². The summed E-state index contributed by atoms with van der Waals surface area (Å²) in [5, 5.41) is 0. The summed E-state index contributed by atoms with van der Waals surface area (Å²) in [6, 6.07) is 15.3. The van der Waals surface area contributed by atoms with Gasteiger partial charge in [0, 0.05) is 17.5 Å². The highest BCUT2D eigenvalue weighted by molar-refractivity contribution is 5.71. The second-order valence-electron chi connectivity index (χ2n) is 8.39. The molecule has 1 fully saturated rings. The fraction of sp³-hybridized carbons (Fsp3) is 0.458. The Balaban J connectivity index is 1.40. The molecule has 2 heterocycles. The average molecular weight is 396 g/mol. The minimum absolute atomic E-state index is 0.0300. The molecule has 4 rings (SSSR count). The molecule has 29 heavy (non-hydrogen) atoms. The zero-order valence-corrected chi connectivity index (χ0v) is 17.2. The molecule has 3 atom stereocenters. The van der Waals surface area contributed by atoms with Gasteiger partial charge < -0.3 is 18.9 Å². The lowest BCUT2D eigenvalue weighted by atomic mass is 9.75. The molecule has 2 aromatic rings. The molecule has 0 bridgehead atoms. The van der Waals surface area contributed by atoms with Crippen LogP contribution in [0.1, 0.15) is 50.8 Å². The summed E-state index contributed by atoms with van der Waals surface area (Å²) in [7, 11) is 0. The highest BCUT2D eigenvalue weighted by Gasteiger charge is 2.46. The smallest absolute Gasteiger partial charge is 0.344 e. The zero-order valence-electron chi connectivity index (χ0n) is 17.2. The summed E-state index contributed by atoms with van der Waals surface area (Å²) in [6.45, 7) is 6.44. The van der Waals surface area contributed by atoms with Crippen molar-refractivity contribution in [3.63, 3.8) is 0 Å². The van der Waals surface area contributed by atoms with Gasteiger partial charge >= 0.3 is 5.97 Å². The van der Waals surface area contributed by atoms with E-state index in [1.165, 1.54) is 0 Å². The van der Waals surface area contributed by atoms with Gasteiger partial charge in [-0.1, -0.05) is 30.3 Å². The molecule has 2 aliphatic rings. The van der Waals surface area contributed by atoms with Gasteiger partial charge in [-0.15, -0.1) is 0 Å². The topological polar surface area (TPSA) is 54.0 Å². The summed E-state index contributed by atoms with van der Waals surface area (Å²) in [4.78, 5) is 12.0. The molecular formula is C24H28O5. The van der Waals surface area contributed by atoms with Crippen LogP contribution in [0.2, 0.25) is 0 Å². The van der Waals surface area contributed by atoms with E-state index in [4.69, 9.17) is 18.9 Å². The Morgan fingerprint density at radius 3 is 2.72 bits per heavy atom. The van der Waals surface area contributed by atoms with Crippen LogP contribution in [0.25, 0.3) is 0 Å². The lowest BCUT2D eigenvalue weighted by Crippen LogP contribution is -2.48. The van der Waals surface area contributed by atoms with Gasteiger partial charge in [-0.25, -0.2) is 4.79 Å². The summed E-state index contributed by atoms with van der Waals surface area (Å²) < 4.78 is 23.5. The maximum atomic E-state index is 12.0. The maximum Gasteiger partial charge on any atom is 0.344 e. The molecule has 0 aromatic heterocycles. The van der Waals surface area contributed by atoms with Crippen LogP contribution in [-0.4, -0.2) is 24.3 Å². The molecule has 0 N–H and O–H groups in total. The van der Waals surface area contributed by atoms with E-state index in [2.05, 4.69) is 20.8 Å². The van der Waals surface area contributed by atoms with Crippen molar-refractivity contribution < 1.29 is 23.7 Å². The predicted octanol–water partition coefficient (Wildman–Crippen LogP) is 4.84. The highest BCUT2D eigenvalue weighted by Crippen LogP contribution is 2.51. The largest absolute Gasteiger partial charge is 0.487 e. The van der Waals surface area contributed by atoms with Crippen molar-refractivity contribution in [3.8, 4) is 11.5 Å². The van der Waals surface area contributed by atoms with Gasteiger partial charge in [0.15, 0.2) is 6.61 Å². The van der Waals surface area contributed by atoms with E-state index in [1.54, 1.807) is 0 Å². The van der Waals surface area contributed by atoms with Gasteiger partial charge in [-0.3, -0.25) is 0 Å². The first-order valence-corrected chi connectivity index (χ1v) is 10.2. The lowest BCUT2D eigenvalue weighted by molar-refractivity contribution is -0.147. The molecule has 2 aliphatic heterocycles. The van der Waals surface area contributed by atoms with Crippen LogP contribution in [-0.2, 0) is 20.9 Å². The number of fused-ring (bicyclic) bond motifs is 3. The fourth-order valence-corrected chi connectivity index (χ4v) is 4.19. The monoisotopic (exact) mass is 396 g/mol. The number of rotatable bonds is 5. The van der Waals surface area contributed by atoms with E-state index >= 15 is 0 Å². The number of carbonyl (C=O) groups is 1. The molecule has 0 aliphatic carbocycles. The Labute approximate surface area is 171 Å². The molecule has 0 radical (unpaired) electrons. The Hall–Kier alpha value is -2.53. The first-order chi connectivity index (χ1) is 13.9. The number of hydrogen-bond donors (Lipinski definition) is 0. The Kier molecular flexibility index (Phi) is 5.50. The van der Waals surface area contributed by atoms with E-state index in [1.807, 2.05) is 48.5 Å². The Morgan fingerprint density at radius 1 is 1.14 bits per heavy atom. The first kappa shape index (κ1) is 19.8. The number of carbonyl (C=O) groups excluding carboxylic acids is 1. The van der Waals surface area contributed by atoms with Crippen molar-refractivity contribution in [3.05, 3.63) is 59.7 Å². The minimum atomic E-state index is -0.405. The average Bonchev–Trinajstić information content (AvgIpc) is 2.70. The van der Waals surface area contributed by atoms with Crippen molar-refractivity contribution in [2.24, 2.45) is 5.92 Å². The van der Waals surface area contributed by atoms with E-state index in [-0.39, 0.29) is 31.0 Å². The second-order valence-corrected chi connectivity index (χ2v) is 8.39. The molecule has 5 heteroatoms. The van der Waals surface area contributed by atoms with Crippen molar-refractivity contribution in [1.29, 1.82) is 0 Å². The fourth-order valence-electron chi connectivity index (χ4n) is 4.19. The van der Waals surface area contributed by atoms with Gasteiger partial charge in [0.05, 0.1) is 12.2 Å². The van der Waals surface area contributed by atoms with Gasteiger partial charge in [-0.05, 0) is 51.3 Å². The minimum Gasteiger partial charge on any atom is -0.487 e. The van der Waals surface area contributed by atoms with Gasteiger partial charge in [0.2, 0.25) is 0 Å². The van der Waals surface area contributed by atoms with Crippen LogP contribution < -0.4 is 9.47 Å². The molecule has 0 unspecified atom stereocenters. The first-order valence-electron chi connectivity index (χ1n) is 10.2. The molecular weight excluding hydrogens is 368 g/mol. The third-order valence-corrected chi connectivity index (χ3v) is 5.79. The standard InChI is InChI=1S/C24H28O5/c1-16-9-12-20-23(28-16)19-11-10-18(13-21(19)29-24(20,2)3)26-15-22(25)27-14-17-7-5-4-6-8-17/h4-8,10-11,13,16,20,23H,9,12,14-15H2,1-3H3/t16-,20-,23+/m0/s1. The van der Waals surface area contributed by atoms with E-state index in [0.29, 0.717) is 11.7 Å². The summed E-state index contributed by atoms with van der Waals surface area (Å²) in [6.07, 6.45) is 2.41. The van der Waals surface area contributed by atoms with Crippen LogP contribution in [0.5, 0.6) is 11.5 Å². The second kappa shape index (κ2) is 8.07. The summed E-state index contributed by atoms with van der Waals surface area (Å²) in [5.41, 5.74) is 1.69. The Bertz CT molecular complexity index is 861. The summed E-state index contributed by atoms with van der Waals surface area (Å²) >= 11 is 0. The molecule has 0 spiro atoms. The SMILES string of the molecule is C[C@H]1CC[C@H]2[C@H](O1)c1ccc(OCC(=O)OCc3ccccc3)cc1OC2(C)C. The number of benzene rings is 2. The Morgan fingerprint density at radius 2 is 1.93 bits per heavy atom. The maximum absolute atomic E-state index is 12.0. The van der Waals surface area contributed by atoms with E-state index < -0.39 is 5.97 Å². The highest BCUT2D eigenvalue weighted by atomic mass is 16.6. The van der Waals surface area contributed by atoms with Gasteiger partial charge in [-0.2, -0.15) is 0 Å². The normalized spacial score (nSPS) is 24.6. The molecule has 0 amide bonds. The van der Waals surface area contributed by atoms with Gasteiger partial charge in [0.25, 0.3) is 0 Å². The van der Waals surface area contributed by atoms with E-state index in [0.717, 1.165) is 29.7 Å². The lowest BCUT2D eigenvalue weighted by Gasteiger charge is -2.48. The van der Waals surface area contributed by atoms with Crippen LogP contribution in [0.3, 0.4) is 0 Å². The molecule has 154 valence electrons.